The van der Waals surface area contributed by atoms with Crippen LogP contribution in [0.4, 0.5) is 5.69 Å². The minimum absolute atomic E-state index is 0.232. The number of nitriles is 1. The van der Waals surface area contributed by atoms with Crippen molar-refractivity contribution in [3.8, 4) is 23.3 Å². The lowest BCUT2D eigenvalue weighted by Gasteiger charge is -2.15. The van der Waals surface area contributed by atoms with Crippen LogP contribution in [-0.2, 0) is 0 Å². The van der Waals surface area contributed by atoms with E-state index >= 15 is 0 Å². The maximum atomic E-state index is 12.6. The van der Waals surface area contributed by atoms with E-state index in [0.717, 1.165) is 0 Å². The summed E-state index contributed by atoms with van der Waals surface area (Å²) in [5.41, 5.74) is 1.12. The van der Waals surface area contributed by atoms with E-state index in [4.69, 9.17) is 19.5 Å². The third-order valence-electron chi connectivity index (χ3n) is 3.26. The minimum atomic E-state index is -0.401. The van der Waals surface area contributed by atoms with E-state index in [1.807, 2.05) is 6.07 Å². The molecule has 0 radical (unpaired) electrons. The molecule has 0 spiro atoms. The number of anilines is 1. The second-order valence-electron chi connectivity index (χ2n) is 4.79. The summed E-state index contributed by atoms with van der Waals surface area (Å²) in [5.74, 6) is 0.870. The first-order valence-corrected chi connectivity index (χ1v) is 7.33. The Morgan fingerprint density at radius 1 is 1.21 bits per heavy atom. The third kappa shape index (κ3) is 3.76. The second kappa shape index (κ2) is 7.88. The number of rotatable bonds is 6. The van der Waals surface area contributed by atoms with Gasteiger partial charge in [0.05, 0.1) is 38.0 Å². The standard InChI is InChI=1S/C18H18N2O4/c1-4-24-17-15(8-12(11-19)9-16(17)23-3)18(21)20-13-6-5-7-14(10-13)22-2/h5-10H,4H2,1-3H3,(H,20,21). The van der Waals surface area contributed by atoms with Crippen molar-refractivity contribution < 1.29 is 19.0 Å². The summed E-state index contributed by atoms with van der Waals surface area (Å²) < 4.78 is 15.9. The van der Waals surface area contributed by atoms with E-state index in [9.17, 15) is 4.79 Å². The molecule has 24 heavy (non-hydrogen) atoms. The van der Waals surface area contributed by atoms with Crippen molar-refractivity contribution in [1.82, 2.24) is 0 Å². The van der Waals surface area contributed by atoms with Crippen molar-refractivity contribution in [2.75, 3.05) is 26.1 Å². The molecule has 6 heteroatoms. The fraction of sp³-hybridized carbons (Fsp3) is 0.222. The van der Waals surface area contributed by atoms with Gasteiger partial charge in [0.25, 0.3) is 5.91 Å². The Morgan fingerprint density at radius 3 is 2.62 bits per heavy atom. The normalized spacial score (nSPS) is 9.75. The van der Waals surface area contributed by atoms with Gasteiger partial charge in [0.1, 0.15) is 5.75 Å². The quantitative estimate of drug-likeness (QED) is 0.881. The zero-order chi connectivity index (χ0) is 17.5. The van der Waals surface area contributed by atoms with Gasteiger partial charge in [-0.2, -0.15) is 5.26 Å². The lowest BCUT2D eigenvalue weighted by atomic mass is 10.1. The first kappa shape index (κ1) is 17.2. The SMILES string of the molecule is CCOc1c(OC)cc(C#N)cc1C(=O)Nc1cccc(OC)c1. The van der Waals surface area contributed by atoms with Crippen LogP contribution in [-0.4, -0.2) is 26.7 Å². The molecular formula is C18H18N2O4. The molecule has 0 aromatic heterocycles. The topological polar surface area (TPSA) is 80.6 Å². The van der Waals surface area contributed by atoms with Gasteiger partial charge in [-0.15, -0.1) is 0 Å². The van der Waals surface area contributed by atoms with Crippen LogP contribution >= 0.6 is 0 Å². The van der Waals surface area contributed by atoms with E-state index < -0.39 is 5.91 Å². The zero-order valence-corrected chi connectivity index (χ0v) is 13.8. The van der Waals surface area contributed by atoms with Gasteiger partial charge in [0, 0.05) is 17.8 Å². The maximum Gasteiger partial charge on any atom is 0.259 e. The molecule has 0 unspecified atom stereocenters. The van der Waals surface area contributed by atoms with Gasteiger partial charge in [-0.3, -0.25) is 4.79 Å². The first-order chi connectivity index (χ1) is 11.6. The van der Waals surface area contributed by atoms with Crippen molar-refractivity contribution >= 4 is 11.6 Å². The molecule has 0 aliphatic carbocycles. The fourth-order valence-electron chi connectivity index (χ4n) is 2.18. The van der Waals surface area contributed by atoms with Gasteiger partial charge in [0.2, 0.25) is 0 Å². The Balaban J connectivity index is 2.41. The largest absolute Gasteiger partial charge is 0.497 e. The summed E-state index contributed by atoms with van der Waals surface area (Å²) in [7, 11) is 3.01. The van der Waals surface area contributed by atoms with Crippen LogP contribution < -0.4 is 19.5 Å². The predicted octanol–water partition coefficient (Wildman–Crippen LogP) is 3.23. The Kier molecular flexibility index (Phi) is 5.63. The molecular weight excluding hydrogens is 308 g/mol. The van der Waals surface area contributed by atoms with Crippen LogP contribution in [0.1, 0.15) is 22.8 Å². The molecule has 1 N–H and O–H groups in total. The highest BCUT2D eigenvalue weighted by molar-refractivity contribution is 6.07. The highest BCUT2D eigenvalue weighted by atomic mass is 16.5. The molecule has 0 atom stereocenters. The molecule has 0 aliphatic heterocycles. The molecule has 1 amide bonds. The molecule has 6 nitrogen and oxygen atoms in total. The maximum absolute atomic E-state index is 12.6. The van der Waals surface area contributed by atoms with Crippen molar-refractivity contribution in [2.24, 2.45) is 0 Å². The van der Waals surface area contributed by atoms with Crippen LogP contribution in [0.25, 0.3) is 0 Å². The molecule has 2 rings (SSSR count). The third-order valence-corrected chi connectivity index (χ3v) is 3.26. The van der Waals surface area contributed by atoms with Crippen molar-refractivity contribution in [2.45, 2.75) is 6.92 Å². The second-order valence-corrected chi connectivity index (χ2v) is 4.79. The van der Waals surface area contributed by atoms with Crippen LogP contribution in [0.2, 0.25) is 0 Å². The van der Waals surface area contributed by atoms with Crippen LogP contribution in [0, 0.1) is 11.3 Å². The van der Waals surface area contributed by atoms with Gasteiger partial charge in [-0.25, -0.2) is 0 Å². The van der Waals surface area contributed by atoms with Crippen molar-refractivity contribution in [1.29, 1.82) is 5.26 Å². The number of hydrogen-bond donors (Lipinski definition) is 1. The molecule has 0 heterocycles. The molecule has 2 aromatic rings. The van der Waals surface area contributed by atoms with Crippen molar-refractivity contribution in [3.05, 3.63) is 47.5 Å². The van der Waals surface area contributed by atoms with Crippen LogP contribution in [0.15, 0.2) is 36.4 Å². The summed E-state index contributed by atoms with van der Waals surface area (Å²) in [6, 6.07) is 12.0. The number of ether oxygens (including phenoxy) is 3. The first-order valence-electron chi connectivity index (χ1n) is 7.33. The molecule has 2 aromatic carbocycles. The highest BCUT2D eigenvalue weighted by Gasteiger charge is 2.19. The number of amides is 1. The molecule has 0 aliphatic rings. The van der Waals surface area contributed by atoms with E-state index in [0.29, 0.717) is 35.1 Å². The highest BCUT2D eigenvalue weighted by Crippen LogP contribution is 2.33. The van der Waals surface area contributed by atoms with Crippen LogP contribution in [0.3, 0.4) is 0 Å². The Hall–Kier alpha value is -3.20. The van der Waals surface area contributed by atoms with E-state index in [2.05, 4.69) is 5.32 Å². The minimum Gasteiger partial charge on any atom is -0.497 e. The number of hydrogen-bond acceptors (Lipinski definition) is 5. The number of carbonyl (C=O) groups excluding carboxylic acids is 1. The molecule has 0 saturated carbocycles. The smallest absolute Gasteiger partial charge is 0.259 e. The summed E-state index contributed by atoms with van der Waals surface area (Å²) in [5, 5.41) is 11.9. The number of benzene rings is 2. The molecule has 124 valence electrons. The van der Waals surface area contributed by atoms with Gasteiger partial charge in [-0.1, -0.05) is 6.07 Å². The summed E-state index contributed by atoms with van der Waals surface area (Å²) >= 11 is 0. The molecule has 0 bridgehead atoms. The molecule has 0 fully saturated rings. The Labute approximate surface area is 140 Å². The number of nitrogens with one attached hydrogen (secondary N) is 1. The fourth-order valence-corrected chi connectivity index (χ4v) is 2.18. The van der Waals surface area contributed by atoms with E-state index in [1.54, 1.807) is 38.3 Å². The predicted molar refractivity (Wildman–Crippen MR) is 89.8 cm³/mol. The van der Waals surface area contributed by atoms with Crippen molar-refractivity contribution in [3.63, 3.8) is 0 Å². The summed E-state index contributed by atoms with van der Waals surface area (Å²) in [4.78, 5) is 12.6. The Morgan fingerprint density at radius 2 is 2.00 bits per heavy atom. The molecule has 0 saturated heterocycles. The average Bonchev–Trinajstić information content (AvgIpc) is 2.62. The summed E-state index contributed by atoms with van der Waals surface area (Å²) in [6.45, 7) is 2.17. The summed E-state index contributed by atoms with van der Waals surface area (Å²) in [6.07, 6.45) is 0. The lowest BCUT2D eigenvalue weighted by molar-refractivity contribution is 0.102. The Bertz CT molecular complexity index is 781. The number of methoxy groups -OCH3 is 2. The van der Waals surface area contributed by atoms with Crippen LogP contribution in [0.5, 0.6) is 17.2 Å². The van der Waals surface area contributed by atoms with Gasteiger partial charge < -0.3 is 19.5 Å². The number of carbonyl (C=O) groups is 1. The lowest BCUT2D eigenvalue weighted by Crippen LogP contribution is -2.14. The number of nitrogens with zero attached hydrogens (tertiary/aromatic N) is 1. The zero-order valence-electron chi connectivity index (χ0n) is 13.8. The van der Waals surface area contributed by atoms with Gasteiger partial charge >= 0.3 is 0 Å². The van der Waals surface area contributed by atoms with E-state index in [-0.39, 0.29) is 5.56 Å². The average molecular weight is 326 g/mol. The van der Waals surface area contributed by atoms with Gasteiger partial charge in [-0.05, 0) is 25.1 Å². The van der Waals surface area contributed by atoms with E-state index in [1.165, 1.54) is 19.2 Å². The van der Waals surface area contributed by atoms with Gasteiger partial charge in [0.15, 0.2) is 11.5 Å². The monoisotopic (exact) mass is 326 g/mol.